The van der Waals surface area contributed by atoms with E-state index in [1.165, 1.54) is 5.56 Å². The van der Waals surface area contributed by atoms with Gasteiger partial charge in [0.15, 0.2) is 0 Å². The normalized spacial score (nSPS) is 14.8. The fourth-order valence-electron chi connectivity index (χ4n) is 4.15. The molecule has 1 saturated heterocycles. The molecule has 0 radical (unpaired) electrons. The number of benzene rings is 1. The molecule has 0 unspecified atom stereocenters. The molecule has 6 heteroatoms. The maximum Gasteiger partial charge on any atom is 0.253 e. The van der Waals surface area contributed by atoms with Crippen LogP contribution in [0, 0.1) is 6.92 Å². The Hall–Kier alpha value is -3.25. The number of nitrogens with one attached hydrogen (secondary N) is 1. The summed E-state index contributed by atoms with van der Waals surface area (Å²) in [5, 5.41) is 3.17. The quantitative estimate of drug-likeness (QED) is 0.607. The first kappa shape index (κ1) is 22.0. The van der Waals surface area contributed by atoms with E-state index >= 15 is 0 Å². The predicted octanol–water partition coefficient (Wildman–Crippen LogP) is 4.25. The van der Waals surface area contributed by atoms with E-state index in [0.29, 0.717) is 12.2 Å². The van der Waals surface area contributed by atoms with Crippen LogP contribution in [0.1, 0.15) is 41.3 Å². The third-order valence-electron chi connectivity index (χ3n) is 5.80. The van der Waals surface area contributed by atoms with E-state index in [2.05, 4.69) is 38.4 Å². The van der Waals surface area contributed by atoms with E-state index in [-0.39, 0.29) is 11.9 Å². The van der Waals surface area contributed by atoms with Crippen molar-refractivity contribution in [2.75, 3.05) is 19.7 Å². The van der Waals surface area contributed by atoms with Gasteiger partial charge in [0.05, 0.1) is 12.2 Å². The molecule has 3 heterocycles. The number of nitrogens with zero attached hydrogens (tertiary/aromatic N) is 3. The highest BCUT2D eigenvalue weighted by atomic mass is 16.5. The first-order valence-corrected chi connectivity index (χ1v) is 11.2. The number of ether oxygens (including phenoxy) is 1. The number of likely N-dealkylation sites (tertiary alicyclic amines) is 1. The summed E-state index contributed by atoms with van der Waals surface area (Å²) in [6, 6.07) is 12.6. The number of amides is 1. The molecule has 0 aliphatic carbocycles. The van der Waals surface area contributed by atoms with Crippen LogP contribution in [0.15, 0.2) is 61.2 Å². The van der Waals surface area contributed by atoms with Crippen molar-refractivity contribution >= 4 is 5.91 Å². The van der Waals surface area contributed by atoms with Gasteiger partial charge in [0, 0.05) is 56.0 Å². The lowest BCUT2D eigenvalue weighted by molar-refractivity contribution is 0.0908. The molecule has 32 heavy (non-hydrogen) atoms. The highest BCUT2D eigenvalue weighted by Gasteiger charge is 2.22. The maximum atomic E-state index is 12.5. The van der Waals surface area contributed by atoms with E-state index in [1.807, 2.05) is 32.0 Å². The molecular weight excluding hydrogens is 400 g/mol. The largest absolute Gasteiger partial charge is 0.493 e. The summed E-state index contributed by atoms with van der Waals surface area (Å²) >= 11 is 0. The zero-order valence-corrected chi connectivity index (χ0v) is 18.8. The van der Waals surface area contributed by atoms with Crippen molar-refractivity contribution in [3.8, 4) is 16.9 Å². The van der Waals surface area contributed by atoms with Crippen LogP contribution in [0.2, 0.25) is 0 Å². The van der Waals surface area contributed by atoms with Crippen molar-refractivity contribution in [1.82, 2.24) is 20.2 Å². The van der Waals surface area contributed by atoms with Crippen molar-refractivity contribution in [1.29, 1.82) is 0 Å². The van der Waals surface area contributed by atoms with Gasteiger partial charge in [-0.1, -0.05) is 12.1 Å². The molecule has 0 atom stereocenters. The van der Waals surface area contributed by atoms with E-state index in [9.17, 15) is 4.79 Å². The van der Waals surface area contributed by atoms with Crippen molar-refractivity contribution in [2.24, 2.45) is 0 Å². The molecule has 1 aromatic carbocycles. The standard InChI is InChI=1S/C26H30N4O2/c1-3-32-25-15-20(4-5-24(25)21-6-10-27-11-7-21)18-30-12-8-23(9-13-30)29-26(31)22-14-19(2)16-28-17-22/h4-7,10-11,14-17,23H,3,8-9,12-13,18H2,1-2H3,(H,29,31). The SMILES string of the molecule is CCOc1cc(CN2CCC(NC(=O)c3cncc(C)c3)CC2)ccc1-c1ccncc1. The zero-order chi connectivity index (χ0) is 22.3. The minimum Gasteiger partial charge on any atom is -0.493 e. The number of carbonyl (C=O) groups is 1. The second-order valence-corrected chi connectivity index (χ2v) is 8.27. The molecule has 1 amide bonds. The Kier molecular flexibility index (Phi) is 7.12. The molecule has 1 aliphatic heterocycles. The zero-order valence-electron chi connectivity index (χ0n) is 18.8. The van der Waals surface area contributed by atoms with Crippen molar-refractivity contribution in [2.45, 2.75) is 39.3 Å². The Morgan fingerprint density at radius 1 is 1.09 bits per heavy atom. The number of piperidine rings is 1. The molecule has 0 spiro atoms. The third kappa shape index (κ3) is 5.51. The number of hydrogen-bond donors (Lipinski definition) is 1. The Morgan fingerprint density at radius 2 is 1.88 bits per heavy atom. The Bertz CT molecular complexity index is 1050. The summed E-state index contributed by atoms with van der Waals surface area (Å²) in [4.78, 5) is 23.2. The Balaban J connectivity index is 1.34. The molecule has 2 aromatic heterocycles. The van der Waals surface area contributed by atoms with Gasteiger partial charge in [0.1, 0.15) is 5.75 Å². The van der Waals surface area contributed by atoms with Crippen LogP contribution in [0.3, 0.4) is 0 Å². The monoisotopic (exact) mass is 430 g/mol. The lowest BCUT2D eigenvalue weighted by Gasteiger charge is -2.32. The lowest BCUT2D eigenvalue weighted by atomic mass is 10.0. The first-order chi connectivity index (χ1) is 15.6. The predicted molar refractivity (Wildman–Crippen MR) is 126 cm³/mol. The summed E-state index contributed by atoms with van der Waals surface area (Å²) in [6.07, 6.45) is 8.88. The van der Waals surface area contributed by atoms with Gasteiger partial charge in [-0.2, -0.15) is 0 Å². The van der Waals surface area contributed by atoms with Gasteiger partial charge in [0.2, 0.25) is 0 Å². The van der Waals surface area contributed by atoms with Gasteiger partial charge in [0.25, 0.3) is 5.91 Å². The highest BCUT2D eigenvalue weighted by Crippen LogP contribution is 2.31. The molecule has 1 N–H and O–H groups in total. The fraction of sp³-hybridized carbons (Fsp3) is 0.346. The number of hydrogen-bond acceptors (Lipinski definition) is 5. The Labute approximate surface area is 189 Å². The third-order valence-corrected chi connectivity index (χ3v) is 5.80. The van der Waals surface area contributed by atoms with Crippen molar-refractivity contribution < 1.29 is 9.53 Å². The minimum absolute atomic E-state index is 0.0345. The van der Waals surface area contributed by atoms with Gasteiger partial charge in [-0.3, -0.25) is 19.7 Å². The van der Waals surface area contributed by atoms with Gasteiger partial charge in [-0.05, 0) is 67.6 Å². The number of carbonyl (C=O) groups excluding carboxylic acids is 1. The van der Waals surface area contributed by atoms with Crippen LogP contribution in [-0.2, 0) is 6.54 Å². The highest BCUT2D eigenvalue weighted by molar-refractivity contribution is 5.94. The summed E-state index contributed by atoms with van der Waals surface area (Å²) in [7, 11) is 0. The molecule has 4 rings (SSSR count). The second kappa shape index (κ2) is 10.4. The molecule has 3 aromatic rings. The first-order valence-electron chi connectivity index (χ1n) is 11.2. The Morgan fingerprint density at radius 3 is 2.59 bits per heavy atom. The second-order valence-electron chi connectivity index (χ2n) is 8.27. The summed E-state index contributed by atoms with van der Waals surface area (Å²) in [5.74, 6) is 0.873. The topological polar surface area (TPSA) is 67.3 Å². The molecule has 6 nitrogen and oxygen atoms in total. The summed E-state index contributed by atoms with van der Waals surface area (Å²) in [6.45, 7) is 7.36. The summed E-state index contributed by atoms with van der Waals surface area (Å²) in [5.41, 5.74) is 5.05. The fourth-order valence-corrected chi connectivity index (χ4v) is 4.15. The van der Waals surface area contributed by atoms with E-state index in [1.54, 1.807) is 24.8 Å². The van der Waals surface area contributed by atoms with E-state index in [4.69, 9.17) is 4.74 Å². The number of aryl methyl sites for hydroxylation is 1. The molecule has 1 aliphatic rings. The van der Waals surface area contributed by atoms with E-state index < -0.39 is 0 Å². The van der Waals surface area contributed by atoms with Gasteiger partial charge >= 0.3 is 0 Å². The van der Waals surface area contributed by atoms with Gasteiger partial charge in [-0.15, -0.1) is 0 Å². The molecule has 0 saturated carbocycles. The lowest BCUT2D eigenvalue weighted by Crippen LogP contribution is -2.44. The van der Waals surface area contributed by atoms with Crippen LogP contribution in [-0.4, -0.2) is 46.5 Å². The van der Waals surface area contributed by atoms with Crippen LogP contribution in [0.4, 0.5) is 0 Å². The molecule has 0 bridgehead atoms. The molecular formula is C26H30N4O2. The van der Waals surface area contributed by atoms with Crippen LogP contribution < -0.4 is 10.1 Å². The molecule has 166 valence electrons. The van der Waals surface area contributed by atoms with Crippen LogP contribution >= 0.6 is 0 Å². The van der Waals surface area contributed by atoms with Crippen LogP contribution in [0.25, 0.3) is 11.1 Å². The maximum absolute atomic E-state index is 12.5. The number of pyridine rings is 2. The molecule has 1 fully saturated rings. The number of rotatable bonds is 7. The average Bonchev–Trinajstić information content (AvgIpc) is 2.81. The van der Waals surface area contributed by atoms with Gasteiger partial charge in [-0.25, -0.2) is 0 Å². The van der Waals surface area contributed by atoms with Crippen molar-refractivity contribution in [3.63, 3.8) is 0 Å². The smallest absolute Gasteiger partial charge is 0.253 e. The van der Waals surface area contributed by atoms with Crippen molar-refractivity contribution in [3.05, 3.63) is 77.9 Å². The number of aromatic nitrogens is 2. The van der Waals surface area contributed by atoms with E-state index in [0.717, 1.165) is 54.9 Å². The summed E-state index contributed by atoms with van der Waals surface area (Å²) < 4.78 is 5.94. The van der Waals surface area contributed by atoms with Crippen LogP contribution in [0.5, 0.6) is 5.75 Å². The van der Waals surface area contributed by atoms with Gasteiger partial charge < -0.3 is 10.1 Å². The minimum atomic E-state index is -0.0345. The average molecular weight is 431 g/mol.